The molecule has 4 heteroatoms. The summed E-state index contributed by atoms with van der Waals surface area (Å²) < 4.78 is 23.9. The van der Waals surface area contributed by atoms with E-state index in [-0.39, 0.29) is 11.9 Å². The molecule has 0 spiro atoms. The quantitative estimate of drug-likeness (QED) is 0.942. The summed E-state index contributed by atoms with van der Waals surface area (Å²) in [6.45, 7) is 0. The number of hydrogen-bond acceptors (Lipinski definition) is 3. The third-order valence-corrected chi connectivity index (χ3v) is 3.82. The van der Waals surface area contributed by atoms with Crippen LogP contribution in [0.4, 0.5) is 4.39 Å². The standard InChI is InChI=1S/C17H17FO3/c1-20-14-7-8-15-11(10-14)2-9-16(17(15)19)21-13-5-3-12(18)4-6-13/h3-8,10,16-17,19H,2,9H2,1H3. The maximum absolute atomic E-state index is 12.9. The lowest BCUT2D eigenvalue weighted by Crippen LogP contribution is -2.30. The van der Waals surface area contributed by atoms with Crippen molar-refractivity contribution < 1.29 is 19.0 Å². The third kappa shape index (κ3) is 2.85. The van der Waals surface area contributed by atoms with Gasteiger partial charge in [-0.3, -0.25) is 0 Å². The van der Waals surface area contributed by atoms with E-state index in [2.05, 4.69) is 0 Å². The van der Waals surface area contributed by atoms with E-state index in [0.717, 1.165) is 23.3 Å². The van der Waals surface area contributed by atoms with Crippen molar-refractivity contribution in [3.63, 3.8) is 0 Å². The Labute approximate surface area is 122 Å². The number of ether oxygens (including phenoxy) is 2. The van der Waals surface area contributed by atoms with E-state index in [1.807, 2.05) is 18.2 Å². The highest BCUT2D eigenvalue weighted by Gasteiger charge is 2.29. The summed E-state index contributed by atoms with van der Waals surface area (Å²) in [6.07, 6.45) is 0.509. The van der Waals surface area contributed by atoms with Crippen molar-refractivity contribution in [2.75, 3.05) is 7.11 Å². The van der Waals surface area contributed by atoms with Crippen LogP contribution in [-0.2, 0) is 6.42 Å². The first-order chi connectivity index (χ1) is 10.2. The fourth-order valence-corrected chi connectivity index (χ4v) is 2.68. The predicted octanol–water partition coefficient (Wildman–Crippen LogP) is 3.26. The van der Waals surface area contributed by atoms with E-state index in [1.165, 1.54) is 12.1 Å². The lowest BCUT2D eigenvalue weighted by Gasteiger charge is -2.30. The Kier molecular flexibility index (Phi) is 3.80. The van der Waals surface area contributed by atoms with Gasteiger partial charge in [-0.2, -0.15) is 0 Å². The molecule has 3 nitrogen and oxygen atoms in total. The normalized spacial score (nSPS) is 20.7. The van der Waals surface area contributed by atoms with Crippen LogP contribution in [-0.4, -0.2) is 18.3 Å². The first-order valence-electron chi connectivity index (χ1n) is 6.94. The van der Waals surface area contributed by atoms with Crippen molar-refractivity contribution in [2.45, 2.75) is 25.0 Å². The van der Waals surface area contributed by atoms with Crippen LogP contribution in [0.3, 0.4) is 0 Å². The Bertz CT molecular complexity index is 624. The maximum atomic E-state index is 12.9. The molecule has 21 heavy (non-hydrogen) atoms. The van der Waals surface area contributed by atoms with Crippen LogP contribution in [0.1, 0.15) is 23.7 Å². The number of aliphatic hydroxyl groups excluding tert-OH is 1. The van der Waals surface area contributed by atoms with Gasteiger partial charge >= 0.3 is 0 Å². The predicted molar refractivity (Wildman–Crippen MR) is 77.1 cm³/mol. The second kappa shape index (κ2) is 5.74. The van der Waals surface area contributed by atoms with E-state index in [0.29, 0.717) is 12.2 Å². The van der Waals surface area contributed by atoms with Crippen LogP contribution >= 0.6 is 0 Å². The lowest BCUT2D eigenvalue weighted by molar-refractivity contribution is 0.0230. The van der Waals surface area contributed by atoms with Crippen LogP contribution in [0.2, 0.25) is 0 Å². The highest BCUT2D eigenvalue weighted by atomic mass is 19.1. The molecule has 0 saturated carbocycles. The first-order valence-corrected chi connectivity index (χ1v) is 6.94. The van der Waals surface area contributed by atoms with Gasteiger partial charge < -0.3 is 14.6 Å². The van der Waals surface area contributed by atoms with Gasteiger partial charge in [0.05, 0.1) is 7.11 Å². The number of aliphatic hydroxyl groups is 1. The fraction of sp³-hybridized carbons (Fsp3) is 0.294. The summed E-state index contributed by atoms with van der Waals surface area (Å²) >= 11 is 0. The van der Waals surface area contributed by atoms with Crippen molar-refractivity contribution in [3.8, 4) is 11.5 Å². The SMILES string of the molecule is COc1ccc2c(c1)CCC(Oc1ccc(F)cc1)C2O. The largest absolute Gasteiger partial charge is 0.497 e. The summed E-state index contributed by atoms with van der Waals surface area (Å²) in [5.74, 6) is 1.06. The zero-order valence-corrected chi connectivity index (χ0v) is 11.8. The number of benzene rings is 2. The van der Waals surface area contributed by atoms with Crippen LogP contribution in [0.15, 0.2) is 42.5 Å². The highest BCUT2D eigenvalue weighted by molar-refractivity contribution is 5.39. The summed E-state index contributed by atoms with van der Waals surface area (Å²) in [6, 6.07) is 11.5. The van der Waals surface area contributed by atoms with Gasteiger partial charge in [0.2, 0.25) is 0 Å². The molecule has 0 radical (unpaired) electrons. The molecule has 1 aliphatic carbocycles. The Hall–Kier alpha value is -2.07. The minimum Gasteiger partial charge on any atom is -0.497 e. The molecule has 0 fully saturated rings. The van der Waals surface area contributed by atoms with Gasteiger partial charge in [0.1, 0.15) is 29.5 Å². The minimum absolute atomic E-state index is 0.302. The zero-order chi connectivity index (χ0) is 14.8. The van der Waals surface area contributed by atoms with Crippen molar-refractivity contribution in [3.05, 3.63) is 59.4 Å². The maximum Gasteiger partial charge on any atom is 0.129 e. The second-order valence-corrected chi connectivity index (χ2v) is 5.16. The number of methoxy groups -OCH3 is 1. The van der Waals surface area contributed by atoms with Crippen molar-refractivity contribution in [1.82, 2.24) is 0 Å². The van der Waals surface area contributed by atoms with Gasteiger partial charge in [-0.05, 0) is 60.4 Å². The first kappa shape index (κ1) is 13.9. The Morgan fingerprint density at radius 3 is 2.52 bits per heavy atom. The van der Waals surface area contributed by atoms with E-state index < -0.39 is 6.10 Å². The van der Waals surface area contributed by atoms with Gasteiger partial charge in [0.15, 0.2) is 0 Å². The average molecular weight is 288 g/mol. The van der Waals surface area contributed by atoms with Crippen LogP contribution in [0.25, 0.3) is 0 Å². The lowest BCUT2D eigenvalue weighted by atomic mass is 9.87. The molecule has 1 N–H and O–H groups in total. The number of hydrogen-bond donors (Lipinski definition) is 1. The van der Waals surface area contributed by atoms with Gasteiger partial charge in [-0.15, -0.1) is 0 Å². The van der Waals surface area contributed by atoms with Crippen LogP contribution in [0.5, 0.6) is 11.5 Å². The Balaban J connectivity index is 1.78. The molecule has 0 aromatic heterocycles. The van der Waals surface area contributed by atoms with Crippen molar-refractivity contribution in [1.29, 1.82) is 0 Å². The topological polar surface area (TPSA) is 38.7 Å². The average Bonchev–Trinajstić information content (AvgIpc) is 2.52. The van der Waals surface area contributed by atoms with E-state index >= 15 is 0 Å². The summed E-state index contributed by atoms with van der Waals surface area (Å²) in [7, 11) is 1.63. The molecule has 0 heterocycles. The van der Waals surface area contributed by atoms with Crippen LogP contribution in [0, 0.1) is 5.82 Å². The zero-order valence-electron chi connectivity index (χ0n) is 11.8. The molecule has 3 rings (SSSR count). The highest BCUT2D eigenvalue weighted by Crippen LogP contribution is 2.34. The summed E-state index contributed by atoms with van der Waals surface area (Å²) in [4.78, 5) is 0. The monoisotopic (exact) mass is 288 g/mol. The molecular formula is C17H17FO3. The number of aryl methyl sites for hydroxylation is 1. The Morgan fingerprint density at radius 2 is 1.81 bits per heavy atom. The van der Waals surface area contributed by atoms with Crippen LogP contribution < -0.4 is 9.47 Å². The number of rotatable bonds is 3. The van der Waals surface area contributed by atoms with Gasteiger partial charge in [-0.25, -0.2) is 4.39 Å². The number of halogens is 1. The van der Waals surface area contributed by atoms with E-state index in [9.17, 15) is 9.50 Å². The fourth-order valence-electron chi connectivity index (χ4n) is 2.68. The summed E-state index contributed by atoms with van der Waals surface area (Å²) in [5, 5.41) is 10.5. The second-order valence-electron chi connectivity index (χ2n) is 5.16. The van der Waals surface area contributed by atoms with E-state index in [1.54, 1.807) is 19.2 Å². The minimum atomic E-state index is -0.690. The van der Waals surface area contributed by atoms with Gasteiger partial charge in [0, 0.05) is 0 Å². The molecule has 110 valence electrons. The molecular weight excluding hydrogens is 271 g/mol. The molecule has 1 aliphatic rings. The molecule has 2 atom stereocenters. The smallest absolute Gasteiger partial charge is 0.129 e. The molecule has 0 amide bonds. The summed E-state index contributed by atoms with van der Waals surface area (Å²) in [5.41, 5.74) is 1.95. The molecule has 2 aromatic carbocycles. The van der Waals surface area contributed by atoms with E-state index in [4.69, 9.17) is 9.47 Å². The van der Waals surface area contributed by atoms with Gasteiger partial charge in [-0.1, -0.05) is 6.07 Å². The molecule has 0 aliphatic heterocycles. The molecule has 0 saturated heterocycles. The molecule has 2 unspecified atom stereocenters. The molecule has 0 bridgehead atoms. The van der Waals surface area contributed by atoms with Crippen molar-refractivity contribution >= 4 is 0 Å². The number of fused-ring (bicyclic) bond motifs is 1. The Morgan fingerprint density at radius 1 is 1.10 bits per heavy atom. The van der Waals surface area contributed by atoms with Crippen molar-refractivity contribution in [2.24, 2.45) is 0 Å². The third-order valence-electron chi connectivity index (χ3n) is 3.82. The van der Waals surface area contributed by atoms with Gasteiger partial charge in [0.25, 0.3) is 0 Å². The molecule has 2 aromatic rings.